The fourth-order valence-corrected chi connectivity index (χ4v) is 6.36. The van der Waals surface area contributed by atoms with E-state index in [4.69, 9.17) is 0 Å². The predicted molar refractivity (Wildman–Crippen MR) is 188 cm³/mol. The number of aromatic hydroxyl groups is 4. The summed E-state index contributed by atoms with van der Waals surface area (Å²) in [6.07, 6.45) is 0. The number of urea groups is 1. The number of carbonyl (C=O) groups excluding carboxylic acids is 1. The second kappa shape index (κ2) is 13.6. The Morgan fingerprint density at radius 2 is 0.904 bits per heavy atom. The highest BCUT2D eigenvalue weighted by molar-refractivity contribution is 7.86. The maximum Gasteiger partial charge on any atom is 0.323 e. The molecule has 6 aromatic rings. The van der Waals surface area contributed by atoms with E-state index in [0.29, 0.717) is 0 Å². The summed E-state index contributed by atoms with van der Waals surface area (Å²) >= 11 is 0. The van der Waals surface area contributed by atoms with Gasteiger partial charge in [-0.3, -0.25) is 9.11 Å². The molecule has 0 radical (unpaired) electrons. The summed E-state index contributed by atoms with van der Waals surface area (Å²) in [6, 6.07) is 20.8. The van der Waals surface area contributed by atoms with Gasteiger partial charge in [0.1, 0.15) is 44.0 Å². The van der Waals surface area contributed by atoms with E-state index >= 15 is 0 Å². The average Bonchev–Trinajstić information content (AvgIpc) is 3.07. The molecule has 17 nitrogen and oxygen atoms in total. The van der Waals surface area contributed by atoms with Crippen LogP contribution in [0.4, 0.5) is 38.9 Å². The quantitative estimate of drug-likeness (QED) is 0.0550. The zero-order chi connectivity index (χ0) is 37.4. The molecule has 2 amide bonds. The van der Waals surface area contributed by atoms with E-state index in [1.54, 1.807) is 12.1 Å². The standard InChI is InChI=1S/C33H24N6O11S2/c40-25-7-3-1-5-23(25)36-38-29-27(51(45,46)47)15-17-13-19(9-11-21(17)31(29)42)34-33(44)35-20-10-12-22-18(14-20)16-28(52(48,49)50)30(32(22)43)39-37-24-6-2-4-8-26(24)41/h1-16,40-43H,(H2,34,35,44)(H,45,46,47)(H,48,49,50). The number of para-hydroxylation sites is 2. The number of anilines is 2. The van der Waals surface area contributed by atoms with Crippen LogP contribution in [0, 0.1) is 0 Å². The molecule has 6 aromatic carbocycles. The number of phenolic OH excluding ortho intramolecular Hbond substituents is 4. The lowest BCUT2D eigenvalue weighted by Crippen LogP contribution is -2.19. The minimum absolute atomic E-state index is 0.0344. The van der Waals surface area contributed by atoms with Crippen LogP contribution in [0.3, 0.4) is 0 Å². The van der Waals surface area contributed by atoms with Gasteiger partial charge in [-0.2, -0.15) is 16.8 Å². The van der Waals surface area contributed by atoms with Gasteiger partial charge in [-0.05, 0) is 83.6 Å². The minimum atomic E-state index is -4.96. The van der Waals surface area contributed by atoms with Gasteiger partial charge in [0.15, 0.2) is 11.5 Å². The number of azo groups is 2. The highest BCUT2D eigenvalue weighted by atomic mass is 32.2. The molecule has 0 atom stereocenters. The lowest BCUT2D eigenvalue weighted by Gasteiger charge is -2.13. The molecule has 0 saturated heterocycles. The van der Waals surface area contributed by atoms with Gasteiger partial charge >= 0.3 is 6.03 Å². The van der Waals surface area contributed by atoms with Crippen molar-refractivity contribution < 1.29 is 51.2 Å². The zero-order valence-corrected chi connectivity index (χ0v) is 27.7. The van der Waals surface area contributed by atoms with Crippen LogP contribution >= 0.6 is 0 Å². The van der Waals surface area contributed by atoms with Crippen molar-refractivity contribution in [3.05, 3.63) is 97.1 Å². The largest absolute Gasteiger partial charge is 0.506 e. The molecule has 19 heteroatoms. The SMILES string of the molecule is O=C(Nc1ccc2c(O)c(N=Nc3ccccc3O)c(S(=O)(=O)O)cc2c1)Nc1ccc2c(O)c(N=Nc3ccccc3O)c(S(=O)(=O)O)cc2c1. The van der Waals surface area contributed by atoms with Crippen LogP contribution in [0.25, 0.3) is 21.5 Å². The van der Waals surface area contributed by atoms with Gasteiger partial charge < -0.3 is 31.1 Å². The lowest BCUT2D eigenvalue weighted by atomic mass is 10.1. The number of hydrogen-bond acceptors (Lipinski definition) is 13. The fraction of sp³-hybridized carbons (Fsp3) is 0. The summed E-state index contributed by atoms with van der Waals surface area (Å²) in [5.74, 6) is -1.85. The Hall–Kier alpha value is -6.67. The number of nitrogens with zero attached hydrogens (tertiary/aromatic N) is 4. The highest BCUT2D eigenvalue weighted by Gasteiger charge is 2.24. The Morgan fingerprint density at radius 3 is 1.27 bits per heavy atom. The summed E-state index contributed by atoms with van der Waals surface area (Å²) < 4.78 is 68.7. The first-order valence-corrected chi connectivity index (χ1v) is 17.5. The van der Waals surface area contributed by atoms with Crippen molar-refractivity contribution in [1.29, 1.82) is 0 Å². The topological polar surface area (TPSA) is 280 Å². The number of benzene rings is 6. The predicted octanol–water partition coefficient (Wildman–Crippen LogP) is 7.78. The first-order chi connectivity index (χ1) is 24.6. The minimum Gasteiger partial charge on any atom is -0.506 e. The van der Waals surface area contributed by atoms with Crippen molar-refractivity contribution in [2.24, 2.45) is 20.5 Å². The molecular weight excluding hydrogens is 721 g/mol. The van der Waals surface area contributed by atoms with Crippen LogP contribution in [-0.4, -0.2) is 52.4 Å². The summed E-state index contributed by atoms with van der Waals surface area (Å²) in [6.45, 7) is 0. The summed E-state index contributed by atoms with van der Waals surface area (Å²) in [5.41, 5.74) is -1.04. The molecule has 0 aliphatic carbocycles. The van der Waals surface area contributed by atoms with E-state index in [9.17, 15) is 51.2 Å². The second-order valence-corrected chi connectivity index (χ2v) is 13.7. The number of amides is 2. The van der Waals surface area contributed by atoms with Crippen molar-refractivity contribution in [2.45, 2.75) is 9.79 Å². The monoisotopic (exact) mass is 744 g/mol. The highest BCUT2D eigenvalue weighted by Crippen LogP contribution is 2.44. The summed E-state index contributed by atoms with van der Waals surface area (Å²) in [5, 5.41) is 62.1. The van der Waals surface area contributed by atoms with Gasteiger partial charge in [-0.1, -0.05) is 24.3 Å². The number of phenols is 4. The molecule has 0 bridgehead atoms. The molecule has 52 heavy (non-hydrogen) atoms. The molecule has 8 N–H and O–H groups in total. The molecule has 264 valence electrons. The van der Waals surface area contributed by atoms with Gasteiger partial charge in [0, 0.05) is 22.1 Å². The molecule has 0 aliphatic heterocycles. The first kappa shape index (κ1) is 35.2. The van der Waals surface area contributed by atoms with Crippen molar-refractivity contribution in [3.8, 4) is 23.0 Å². The van der Waals surface area contributed by atoms with Crippen LogP contribution < -0.4 is 10.6 Å². The molecule has 0 heterocycles. The van der Waals surface area contributed by atoms with Crippen LogP contribution in [0.1, 0.15) is 0 Å². The molecule has 0 saturated carbocycles. The Kier molecular flexibility index (Phi) is 9.17. The molecular formula is C33H24N6O11S2. The van der Waals surface area contributed by atoms with Crippen molar-refractivity contribution >= 4 is 81.9 Å². The second-order valence-electron chi connectivity index (χ2n) is 10.9. The van der Waals surface area contributed by atoms with Crippen LogP contribution in [-0.2, 0) is 20.2 Å². The lowest BCUT2D eigenvalue weighted by molar-refractivity contribution is 0.262. The third kappa shape index (κ3) is 7.27. The molecule has 0 spiro atoms. The van der Waals surface area contributed by atoms with E-state index in [2.05, 4.69) is 31.1 Å². The number of carbonyl (C=O) groups is 1. The third-order valence-electron chi connectivity index (χ3n) is 7.45. The fourth-order valence-electron chi connectivity index (χ4n) is 5.04. The zero-order valence-electron chi connectivity index (χ0n) is 26.1. The van der Waals surface area contributed by atoms with Gasteiger partial charge in [0.25, 0.3) is 20.2 Å². The van der Waals surface area contributed by atoms with E-state index in [1.165, 1.54) is 72.8 Å². The normalized spacial score (nSPS) is 12.2. The Bertz CT molecular complexity index is 2540. The Morgan fingerprint density at radius 1 is 0.519 bits per heavy atom. The number of nitrogens with one attached hydrogen (secondary N) is 2. The number of rotatable bonds is 8. The third-order valence-corrected chi connectivity index (χ3v) is 9.19. The van der Waals surface area contributed by atoms with Crippen molar-refractivity contribution in [2.75, 3.05) is 10.6 Å². The van der Waals surface area contributed by atoms with Crippen LogP contribution in [0.5, 0.6) is 23.0 Å². The van der Waals surface area contributed by atoms with E-state index in [1.807, 2.05) is 0 Å². The molecule has 0 aliphatic rings. The maximum absolute atomic E-state index is 13.0. The number of fused-ring (bicyclic) bond motifs is 2. The van der Waals surface area contributed by atoms with Gasteiger partial charge in [-0.25, -0.2) is 4.79 Å². The van der Waals surface area contributed by atoms with Crippen molar-refractivity contribution in [3.63, 3.8) is 0 Å². The van der Waals surface area contributed by atoms with Crippen molar-refractivity contribution in [1.82, 2.24) is 0 Å². The maximum atomic E-state index is 13.0. The Labute approximate surface area is 293 Å². The molecule has 0 unspecified atom stereocenters. The summed E-state index contributed by atoms with van der Waals surface area (Å²) in [7, 11) is -9.92. The van der Waals surface area contributed by atoms with Crippen LogP contribution in [0.2, 0.25) is 0 Å². The number of hydrogen-bond donors (Lipinski definition) is 8. The summed E-state index contributed by atoms with van der Waals surface area (Å²) in [4.78, 5) is 11.4. The van der Waals surface area contributed by atoms with Gasteiger partial charge in [0.05, 0.1) is 0 Å². The molecule has 0 fully saturated rings. The van der Waals surface area contributed by atoms with E-state index < -0.39 is 58.9 Å². The Balaban J connectivity index is 1.28. The van der Waals surface area contributed by atoms with E-state index in [0.717, 1.165) is 12.1 Å². The molecule has 6 rings (SSSR count). The van der Waals surface area contributed by atoms with Gasteiger partial charge in [0.2, 0.25) is 0 Å². The van der Waals surface area contributed by atoms with E-state index in [-0.39, 0.29) is 55.8 Å². The average molecular weight is 745 g/mol. The molecule has 0 aromatic heterocycles. The van der Waals surface area contributed by atoms with Crippen LogP contribution in [0.15, 0.2) is 127 Å². The first-order valence-electron chi connectivity index (χ1n) is 14.6. The van der Waals surface area contributed by atoms with Gasteiger partial charge in [-0.15, -0.1) is 20.5 Å². The smallest absolute Gasteiger partial charge is 0.323 e.